The highest BCUT2D eigenvalue weighted by Gasteiger charge is 2.09. The van der Waals surface area contributed by atoms with Gasteiger partial charge in [-0.15, -0.1) is 0 Å². The summed E-state index contributed by atoms with van der Waals surface area (Å²) in [5, 5.41) is 13.0. The molecule has 0 saturated carbocycles. The molecule has 1 aromatic heterocycles. The molecule has 2 rings (SSSR count). The topological polar surface area (TPSA) is 77.6 Å². The molecule has 0 aliphatic carbocycles. The zero-order chi connectivity index (χ0) is 14.4. The Hall–Kier alpha value is -2.08. The zero-order valence-corrected chi connectivity index (χ0v) is 11.6. The first-order chi connectivity index (χ1) is 9.76. The molecule has 0 aliphatic heterocycles. The summed E-state index contributed by atoms with van der Waals surface area (Å²) in [6.45, 7) is 2.19. The van der Waals surface area contributed by atoms with Gasteiger partial charge in [0.1, 0.15) is 0 Å². The standard InChI is InChI=1S/C14H18N2O4/c1-3-4-14-15-13(16-20-14)9-19-12-7-10(8-17)5-6-11(12)18-2/h5-7,17H,3-4,8-9H2,1-2H3. The number of rotatable bonds is 7. The molecule has 20 heavy (non-hydrogen) atoms. The summed E-state index contributed by atoms with van der Waals surface area (Å²) in [6.07, 6.45) is 1.71. The third kappa shape index (κ3) is 3.48. The predicted octanol–water partition coefficient (Wildman–Crippen LogP) is 2.10. The molecule has 0 radical (unpaired) electrons. The van der Waals surface area contributed by atoms with Crippen LogP contribution in [-0.4, -0.2) is 22.4 Å². The minimum absolute atomic E-state index is 0.0524. The number of benzene rings is 1. The summed E-state index contributed by atoms with van der Waals surface area (Å²) < 4.78 is 15.9. The molecule has 1 aromatic carbocycles. The molecule has 108 valence electrons. The summed E-state index contributed by atoms with van der Waals surface area (Å²) in [6, 6.07) is 5.25. The third-order valence-electron chi connectivity index (χ3n) is 2.74. The van der Waals surface area contributed by atoms with E-state index in [0.29, 0.717) is 23.2 Å². The van der Waals surface area contributed by atoms with Gasteiger partial charge in [-0.05, 0) is 24.1 Å². The molecule has 0 bridgehead atoms. The summed E-state index contributed by atoms with van der Waals surface area (Å²) >= 11 is 0. The molecule has 0 unspecified atom stereocenters. The van der Waals surface area contributed by atoms with Crippen molar-refractivity contribution in [3.8, 4) is 11.5 Å². The lowest BCUT2D eigenvalue weighted by molar-refractivity contribution is 0.263. The highest BCUT2D eigenvalue weighted by Crippen LogP contribution is 2.28. The highest BCUT2D eigenvalue weighted by molar-refractivity contribution is 5.42. The Morgan fingerprint density at radius 1 is 1.30 bits per heavy atom. The van der Waals surface area contributed by atoms with Crippen molar-refractivity contribution in [3.63, 3.8) is 0 Å². The van der Waals surface area contributed by atoms with E-state index in [1.807, 2.05) is 6.92 Å². The third-order valence-corrected chi connectivity index (χ3v) is 2.74. The van der Waals surface area contributed by atoms with Crippen LogP contribution in [0.4, 0.5) is 0 Å². The average Bonchev–Trinajstić information content (AvgIpc) is 2.93. The van der Waals surface area contributed by atoms with Gasteiger partial charge in [-0.25, -0.2) is 0 Å². The van der Waals surface area contributed by atoms with Crippen molar-refractivity contribution in [2.45, 2.75) is 33.0 Å². The van der Waals surface area contributed by atoms with Crippen LogP contribution >= 0.6 is 0 Å². The molecule has 0 atom stereocenters. The van der Waals surface area contributed by atoms with Gasteiger partial charge in [0.15, 0.2) is 18.1 Å². The Balaban J connectivity index is 2.05. The average molecular weight is 278 g/mol. The summed E-state index contributed by atoms with van der Waals surface area (Å²) in [7, 11) is 1.56. The molecular weight excluding hydrogens is 260 g/mol. The fraction of sp³-hybridized carbons (Fsp3) is 0.429. The van der Waals surface area contributed by atoms with Crippen LogP contribution in [0, 0.1) is 0 Å². The number of ether oxygens (including phenoxy) is 2. The van der Waals surface area contributed by atoms with Crippen molar-refractivity contribution in [3.05, 3.63) is 35.5 Å². The van der Waals surface area contributed by atoms with Crippen LogP contribution in [0.25, 0.3) is 0 Å². The van der Waals surface area contributed by atoms with E-state index in [2.05, 4.69) is 10.1 Å². The molecular formula is C14H18N2O4. The van der Waals surface area contributed by atoms with Gasteiger partial charge in [-0.2, -0.15) is 4.98 Å². The number of aliphatic hydroxyl groups excluding tert-OH is 1. The zero-order valence-electron chi connectivity index (χ0n) is 11.6. The Kier molecular flexibility index (Phi) is 4.95. The Labute approximate surface area is 117 Å². The Morgan fingerprint density at radius 3 is 2.85 bits per heavy atom. The van der Waals surface area contributed by atoms with Crippen LogP contribution in [-0.2, 0) is 19.6 Å². The molecule has 6 heteroatoms. The molecule has 0 saturated heterocycles. The number of nitrogens with zero attached hydrogens (tertiary/aromatic N) is 2. The quantitative estimate of drug-likeness (QED) is 0.835. The maximum Gasteiger partial charge on any atom is 0.226 e. The normalized spacial score (nSPS) is 10.6. The second-order valence-electron chi connectivity index (χ2n) is 4.29. The number of aliphatic hydroxyl groups is 1. The largest absolute Gasteiger partial charge is 0.493 e. The van der Waals surface area contributed by atoms with Crippen LogP contribution in [0.3, 0.4) is 0 Å². The van der Waals surface area contributed by atoms with Crippen molar-refractivity contribution in [1.29, 1.82) is 0 Å². The van der Waals surface area contributed by atoms with Crippen LogP contribution in [0.2, 0.25) is 0 Å². The molecule has 1 N–H and O–H groups in total. The summed E-state index contributed by atoms with van der Waals surface area (Å²) in [5.41, 5.74) is 0.751. The summed E-state index contributed by atoms with van der Waals surface area (Å²) in [5.74, 6) is 2.24. The lowest BCUT2D eigenvalue weighted by Gasteiger charge is -2.10. The Bertz CT molecular complexity index is 554. The van der Waals surface area contributed by atoms with E-state index in [1.165, 1.54) is 0 Å². The van der Waals surface area contributed by atoms with E-state index in [-0.39, 0.29) is 13.2 Å². The second-order valence-corrected chi connectivity index (χ2v) is 4.29. The van der Waals surface area contributed by atoms with Gasteiger partial charge in [0.2, 0.25) is 11.7 Å². The minimum Gasteiger partial charge on any atom is -0.493 e. The van der Waals surface area contributed by atoms with E-state index in [1.54, 1.807) is 25.3 Å². The lowest BCUT2D eigenvalue weighted by atomic mass is 10.2. The number of aryl methyl sites for hydroxylation is 1. The van der Waals surface area contributed by atoms with Crippen LogP contribution < -0.4 is 9.47 Å². The van der Waals surface area contributed by atoms with Gasteiger partial charge in [0, 0.05) is 6.42 Å². The van der Waals surface area contributed by atoms with Crippen molar-refractivity contribution in [2.75, 3.05) is 7.11 Å². The van der Waals surface area contributed by atoms with E-state index < -0.39 is 0 Å². The second kappa shape index (κ2) is 6.91. The molecule has 6 nitrogen and oxygen atoms in total. The van der Waals surface area contributed by atoms with Crippen molar-refractivity contribution >= 4 is 0 Å². The van der Waals surface area contributed by atoms with Crippen LogP contribution in [0.1, 0.15) is 30.6 Å². The predicted molar refractivity (Wildman–Crippen MR) is 71.5 cm³/mol. The Morgan fingerprint density at radius 2 is 2.15 bits per heavy atom. The molecule has 1 heterocycles. The highest BCUT2D eigenvalue weighted by atomic mass is 16.5. The minimum atomic E-state index is -0.0524. The van der Waals surface area contributed by atoms with Gasteiger partial charge >= 0.3 is 0 Å². The lowest BCUT2D eigenvalue weighted by Crippen LogP contribution is -2.00. The molecule has 0 fully saturated rings. The van der Waals surface area contributed by atoms with E-state index in [9.17, 15) is 0 Å². The van der Waals surface area contributed by atoms with Crippen molar-refractivity contribution in [2.24, 2.45) is 0 Å². The first-order valence-electron chi connectivity index (χ1n) is 6.48. The van der Waals surface area contributed by atoms with E-state index >= 15 is 0 Å². The first kappa shape index (κ1) is 14.3. The number of aromatic nitrogens is 2. The monoisotopic (exact) mass is 278 g/mol. The van der Waals surface area contributed by atoms with Gasteiger partial charge in [-0.1, -0.05) is 18.1 Å². The molecule has 0 amide bonds. The van der Waals surface area contributed by atoms with Gasteiger partial charge < -0.3 is 19.1 Å². The van der Waals surface area contributed by atoms with Gasteiger partial charge in [0.25, 0.3) is 0 Å². The smallest absolute Gasteiger partial charge is 0.226 e. The first-order valence-corrected chi connectivity index (χ1v) is 6.48. The van der Waals surface area contributed by atoms with Crippen molar-refractivity contribution < 1.29 is 19.1 Å². The summed E-state index contributed by atoms with van der Waals surface area (Å²) in [4.78, 5) is 4.22. The van der Waals surface area contributed by atoms with Crippen LogP contribution in [0.15, 0.2) is 22.7 Å². The van der Waals surface area contributed by atoms with E-state index in [4.69, 9.17) is 19.1 Å². The maximum atomic E-state index is 9.14. The fourth-order valence-corrected chi connectivity index (χ4v) is 1.74. The number of methoxy groups -OCH3 is 1. The van der Waals surface area contributed by atoms with E-state index in [0.717, 1.165) is 18.4 Å². The number of hydrogen-bond donors (Lipinski definition) is 1. The SMILES string of the molecule is CCCc1nc(COc2cc(CO)ccc2OC)no1. The molecule has 0 spiro atoms. The molecule has 2 aromatic rings. The van der Waals surface area contributed by atoms with Gasteiger partial charge in [0.05, 0.1) is 13.7 Å². The fourth-order valence-electron chi connectivity index (χ4n) is 1.74. The number of hydrogen-bond acceptors (Lipinski definition) is 6. The maximum absolute atomic E-state index is 9.14. The van der Waals surface area contributed by atoms with Crippen molar-refractivity contribution in [1.82, 2.24) is 10.1 Å². The molecule has 0 aliphatic rings. The van der Waals surface area contributed by atoms with Crippen LogP contribution in [0.5, 0.6) is 11.5 Å². The van der Waals surface area contributed by atoms with Gasteiger partial charge in [-0.3, -0.25) is 0 Å².